The molecule has 6 heteroatoms. The van der Waals surface area contributed by atoms with E-state index in [4.69, 9.17) is 27.9 Å². The van der Waals surface area contributed by atoms with Gasteiger partial charge in [0.25, 0.3) is 0 Å². The van der Waals surface area contributed by atoms with Crippen LogP contribution in [0.3, 0.4) is 0 Å². The smallest absolute Gasteiger partial charge is 0.246 e. The van der Waals surface area contributed by atoms with Crippen molar-refractivity contribution in [2.45, 2.75) is 19.5 Å². The lowest BCUT2D eigenvalue weighted by atomic mass is 10.0. The fourth-order valence-electron chi connectivity index (χ4n) is 2.94. The first-order valence-electron chi connectivity index (χ1n) is 6.76. The van der Waals surface area contributed by atoms with Gasteiger partial charge >= 0.3 is 0 Å². The normalized spacial score (nSPS) is 16.7. The van der Waals surface area contributed by atoms with Crippen molar-refractivity contribution < 1.29 is 9.53 Å². The van der Waals surface area contributed by atoms with Crippen LogP contribution in [0.25, 0.3) is 10.9 Å². The Morgan fingerprint density at radius 2 is 2.23 bits per heavy atom. The number of rotatable bonds is 2. The summed E-state index contributed by atoms with van der Waals surface area (Å²) in [5.74, 6) is 0.388. The van der Waals surface area contributed by atoms with Crippen LogP contribution in [0.15, 0.2) is 24.9 Å². The lowest BCUT2D eigenvalue weighted by molar-refractivity contribution is -0.127. The Morgan fingerprint density at radius 1 is 1.50 bits per heavy atom. The number of carbonyl (C=O) groups is 1. The standard InChI is InChI=1S/C16H14Cl2N2O2/c1-4-12(21)20-7-9-6-19-16-10(13(9)8(20)2)5-11(22-3)14(17)15(16)18/h4-6,8H,1,7H2,2-3H3/t8-/m0/s1. The molecular formula is C16H14Cl2N2O2. The van der Waals surface area contributed by atoms with Gasteiger partial charge in [-0.3, -0.25) is 9.78 Å². The second-order valence-corrected chi connectivity index (χ2v) is 5.90. The quantitative estimate of drug-likeness (QED) is 0.774. The van der Waals surface area contributed by atoms with Gasteiger partial charge < -0.3 is 9.64 Å². The van der Waals surface area contributed by atoms with Gasteiger partial charge in [-0.1, -0.05) is 29.8 Å². The number of hydrogen-bond donors (Lipinski definition) is 0. The summed E-state index contributed by atoms with van der Waals surface area (Å²) in [7, 11) is 1.54. The third-order valence-electron chi connectivity index (χ3n) is 4.04. The third kappa shape index (κ3) is 2.06. The predicted molar refractivity (Wildman–Crippen MR) is 87.5 cm³/mol. The molecule has 0 saturated carbocycles. The van der Waals surface area contributed by atoms with E-state index in [2.05, 4.69) is 11.6 Å². The molecule has 3 rings (SSSR count). The lowest BCUT2D eigenvalue weighted by Gasteiger charge is -2.20. The van der Waals surface area contributed by atoms with Gasteiger partial charge in [0.05, 0.1) is 23.7 Å². The summed E-state index contributed by atoms with van der Waals surface area (Å²) in [5, 5.41) is 1.56. The van der Waals surface area contributed by atoms with Crippen LogP contribution in [0.5, 0.6) is 5.75 Å². The third-order valence-corrected chi connectivity index (χ3v) is 4.88. The van der Waals surface area contributed by atoms with Crippen LogP contribution in [0.1, 0.15) is 24.1 Å². The van der Waals surface area contributed by atoms with E-state index in [-0.39, 0.29) is 11.9 Å². The van der Waals surface area contributed by atoms with Gasteiger partial charge in [0.2, 0.25) is 5.91 Å². The molecule has 0 fully saturated rings. The summed E-state index contributed by atoms with van der Waals surface area (Å²) in [4.78, 5) is 18.1. The first-order chi connectivity index (χ1) is 10.5. The molecule has 1 aliphatic heterocycles. The van der Waals surface area contributed by atoms with Crippen molar-refractivity contribution in [1.29, 1.82) is 0 Å². The summed E-state index contributed by atoms with van der Waals surface area (Å²) < 4.78 is 5.28. The Bertz CT molecular complexity index is 805. The van der Waals surface area contributed by atoms with Crippen molar-refractivity contribution in [2.75, 3.05) is 7.11 Å². The van der Waals surface area contributed by atoms with E-state index >= 15 is 0 Å². The van der Waals surface area contributed by atoms with E-state index in [1.54, 1.807) is 11.1 Å². The molecule has 0 aliphatic carbocycles. The van der Waals surface area contributed by atoms with Crippen molar-refractivity contribution in [3.63, 3.8) is 0 Å². The summed E-state index contributed by atoms with van der Waals surface area (Å²) >= 11 is 12.5. The summed E-state index contributed by atoms with van der Waals surface area (Å²) in [6.45, 7) is 6.03. The second-order valence-electron chi connectivity index (χ2n) is 5.15. The number of halogens is 2. The number of ether oxygens (including phenoxy) is 1. The highest BCUT2D eigenvalue weighted by Crippen LogP contribution is 2.44. The van der Waals surface area contributed by atoms with Crippen molar-refractivity contribution in [3.05, 3.63) is 46.1 Å². The molecule has 1 atom stereocenters. The molecule has 1 amide bonds. The van der Waals surface area contributed by atoms with E-state index in [1.807, 2.05) is 13.0 Å². The van der Waals surface area contributed by atoms with E-state index < -0.39 is 0 Å². The molecule has 1 aromatic heterocycles. The maximum atomic E-state index is 12.0. The molecular weight excluding hydrogens is 323 g/mol. The van der Waals surface area contributed by atoms with E-state index in [0.29, 0.717) is 27.9 Å². The number of benzene rings is 1. The molecule has 0 bridgehead atoms. The average molecular weight is 337 g/mol. The van der Waals surface area contributed by atoms with Crippen LogP contribution in [0, 0.1) is 0 Å². The number of methoxy groups -OCH3 is 1. The van der Waals surface area contributed by atoms with Crippen LogP contribution in [0.4, 0.5) is 0 Å². The largest absolute Gasteiger partial charge is 0.495 e. The van der Waals surface area contributed by atoms with E-state index in [0.717, 1.165) is 16.5 Å². The Kier molecular flexibility index (Phi) is 3.75. The fraction of sp³-hybridized carbons (Fsp3) is 0.250. The van der Waals surface area contributed by atoms with Crippen LogP contribution in [0.2, 0.25) is 10.0 Å². The molecule has 22 heavy (non-hydrogen) atoms. The highest BCUT2D eigenvalue weighted by Gasteiger charge is 2.32. The molecule has 0 saturated heterocycles. The van der Waals surface area contributed by atoms with Gasteiger partial charge in [0, 0.05) is 18.1 Å². The van der Waals surface area contributed by atoms with Crippen LogP contribution in [-0.2, 0) is 11.3 Å². The van der Waals surface area contributed by atoms with Crippen molar-refractivity contribution in [1.82, 2.24) is 9.88 Å². The second kappa shape index (κ2) is 5.45. The number of pyridine rings is 1. The molecule has 4 nitrogen and oxygen atoms in total. The predicted octanol–water partition coefficient (Wildman–Crippen LogP) is 4.14. The van der Waals surface area contributed by atoms with Crippen molar-refractivity contribution in [2.24, 2.45) is 0 Å². The zero-order valence-electron chi connectivity index (χ0n) is 12.2. The molecule has 0 radical (unpaired) electrons. The highest BCUT2D eigenvalue weighted by molar-refractivity contribution is 6.46. The van der Waals surface area contributed by atoms with Gasteiger partial charge in [-0.15, -0.1) is 0 Å². The topological polar surface area (TPSA) is 42.4 Å². The van der Waals surface area contributed by atoms with Crippen molar-refractivity contribution in [3.8, 4) is 5.75 Å². The number of amides is 1. The monoisotopic (exact) mass is 336 g/mol. The molecule has 0 N–H and O–H groups in total. The summed E-state index contributed by atoms with van der Waals surface area (Å²) in [5.41, 5.74) is 2.64. The number of carbonyl (C=O) groups excluding carboxylic acids is 1. The van der Waals surface area contributed by atoms with Crippen LogP contribution < -0.4 is 4.74 Å². The first-order valence-corrected chi connectivity index (χ1v) is 7.51. The van der Waals surface area contributed by atoms with E-state index in [1.165, 1.54) is 13.2 Å². The van der Waals surface area contributed by atoms with Gasteiger partial charge in [0.1, 0.15) is 10.8 Å². The number of nitrogens with zero attached hydrogens (tertiary/aromatic N) is 2. The molecule has 0 unspecified atom stereocenters. The minimum absolute atomic E-state index is 0.0899. The first kappa shape index (κ1) is 15.1. The number of fused-ring (bicyclic) bond motifs is 3. The highest BCUT2D eigenvalue weighted by atomic mass is 35.5. The minimum Gasteiger partial charge on any atom is -0.495 e. The molecule has 2 heterocycles. The summed E-state index contributed by atoms with van der Waals surface area (Å²) in [6, 6.07) is 1.74. The zero-order valence-corrected chi connectivity index (χ0v) is 13.7. The number of aromatic nitrogens is 1. The zero-order chi connectivity index (χ0) is 16.0. The average Bonchev–Trinajstić information content (AvgIpc) is 2.87. The van der Waals surface area contributed by atoms with Crippen LogP contribution >= 0.6 is 23.2 Å². The van der Waals surface area contributed by atoms with Crippen LogP contribution in [-0.4, -0.2) is 22.9 Å². The Balaban J connectivity index is 2.27. The SMILES string of the molecule is C=CC(=O)N1Cc2cnc3c(Cl)c(Cl)c(OC)cc3c2[C@@H]1C. The maximum absolute atomic E-state index is 12.0. The molecule has 114 valence electrons. The fourth-order valence-corrected chi connectivity index (χ4v) is 3.40. The molecule has 0 spiro atoms. The van der Waals surface area contributed by atoms with Gasteiger partial charge in [-0.2, -0.15) is 0 Å². The van der Waals surface area contributed by atoms with Gasteiger partial charge in [0.15, 0.2) is 0 Å². The minimum atomic E-state index is -0.108. The maximum Gasteiger partial charge on any atom is 0.246 e. The van der Waals surface area contributed by atoms with Gasteiger partial charge in [-0.05, 0) is 30.2 Å². The Hall–Kier alpha value is -1.78. The lowest BCUT2D eigenvalue weighted by Crippen LogP contribution is -2.26. The molecule has 1 aromatic carbocycles. The number of hydrogen-bond acceptors (Lipinski definition) is 3. The Labute approximate surface area is 138 Å². The summed E-state index contributed by atoms with van der Waals surface area (Å²) in [6.07, 6.45) is 3.07. The molecule has 2 aromatic rings. The van der Waals surface area contributed by atoms with Gasteiger partial charge in [-0.25, -0.2) is 0 Å². The van der Waals surface area contributed by atoms with Crippen molar-refractivity contribution >= 4 is 40.0 Å². The molecule has 1 aliphatic rings. The Morgan fingerprint density at radius 3 is 2.86 bits per heavy atom. The van der Waals surface area contributed by atoms with E-state index in [9.17, 15) is 4.79 Å².